The minimum Gasteiger partial charge on any atom is -0.357 e. The summed E-state index contributed by atoms with van der Waals surface area (Å²) in [4.78, 5) is 20.1. The van der Waals surface area contributed by atoms with Crippen molar-refractivity contribution in [3.05, 3.63) is 24.3 Å². The van der Waals surface area contributed by atoms with Crippen molar-refractivity contribution in [2.24, 2.45) is 0 Å². The molecule has 2 heterocycles. The number of rotatable bonds is 2. The van der Waals surface area contributed by atoms with E-state index in [4.69, 9.17) is 0 Å². The van der Waals surface area contributed by atoms with Crippen LogP contribution in [0.1, 0.15) is 18.5 Å². The lowest BCUT2D eigenvalue weighted by Gasteiger charge is -2.26. The summed E-state index contributed by atoms with van der Waals surface area (Å²) < 4.78 is 0. The fraction of sp³-hybridized carbons (Fsp3) is 0.500. The van der Waals surface area contributed by atoms with Crippen molar-refractivity contribution in [1.29, 1.82) is 0 Å². The van der Waals surface area contributed by atoms with Crippen LogP contribution < -0.4 is 10.6 Å². The van der Waals surface area contributed by atoms with Crippen LogP contribution in [0.5, 0.6) is 0 Å². The van der Waals surface area contributed by atoms with Crippen molar-refractivity contribution >= 4 is 5.91 Å². The highest BCUT2D eigenvalue weighted by atomic mass is 16.2. The molecule has 1 aliphatic rings. The van der Waals surface area contributed by atoms with Gasteiger partial charge in [-0.05, 0) is 19.4 Å². The minimum absolute atomic E-state index is 0.0412. The van der Waals surface area contributed by atoms with E-state index >= 15 is 0 Å². The zero-order valence-corrected chi connectivity index (χ0v) is 8.66. The lowest BCUT2D eigenvalue weighted by Crippen LogP contribution is -2.50. The maximum atomic E-state index is 11.9. The van der Waals surface area contributed by atoms with E-state index in [-0.39, 0.29) is 5.91 Å². The highest BCUT2D eigenvalue weighted by Gasteiger charge is 2.43. The number of amides is 1. The molecule has 0 radical (unpaired) electrons. The van der Waals surface area contributed by atoms with Gasteiger partial charge in [0.05, 0.1) is 11.9 Å². The Morgan fingerprint density at radius 3 is 3.00 bits per heavy atom. The average molecular weight is 206 g/mol. The molecule has 1 aromatic rings. The van der Waals surface area contributed by atoms with E-state index in [2.05, 4.69) is 20.6 Å². The van der Waals surface area contributed by atoms with Crippen molar-refractivity contribution in [2.45, 2.75) is 18.4 Å². The number of nitrogens with zero attached hydrogens (tertiary/aromatic N) is 2. The third kappa shape index (κ3) is 1.59. The van der Waals surface area contributed by atoms with Crippen LogP contribution in [0.15, 0.2) is 18.6 Å². The molecule has 1 atom stereocenters. The molecule has 0 saturated carbocycles. The summed E-state index contributed by atoms with van der Waals surface area (Å²) in [6, 6.07) is 0. The summed E-state index contributed by atoms with van der Waals surface area (Å²) in [5.41, 5.74) is 0.0186. The predicted octanol–water partition coefficient (Wildman–Crippen LogP) is -0.199. The molecule has 2 N–H and O–H groups in total. The van der Waals surface area contributed by atoms with Gasteiger partial charge in [0.25, 0.3) is 0 Å². The standard InChI is InChI=1S/C10H14N4O/c1-11-9(15)10(3-2-4-14-10)8-7-12-5-6-13-8/h5-7,14H,2-4H2,1H3,(H,11,15)/t10-/m0/s1. The third-order valence-corrected chi connectivity index (χ3v) is 2.77. The second-order valence-corrected chi connectivity index (χ2v) is 3.61. The lowest BCUT2D eigenvalue weighted by atomic mass is 9.92. The summed E-state index contributed by atoms with van der Waals surface area (Å²) in [5, 5.41) is 5.90. The average Bonchev–Trinajstić information content (AvgIpc) is 2.79. The first-order valence-corrected chi connectivity index (χ1v) is 5.03. The van der Waals surface area contributed by atoms with Crippen molar-refractivity contribution in [3.63, 3.8) is 0 Å². The molecular weight excluding hydrogens is 192 g/mol. The Morgan fingerprint density at radius 2 is 2.47 bits per heavy atom. The lowest BCUT2D eigenvalue weighted by molar-refractivity contribution is -0.127. The minimum atomic E-state index is -0.678. The van der Waals surface area contributed by atoms with Crippen LogP contribution in [0, 0.1) is 0 Å². The van der Waals surface area contributed by atoms with Crippen LogP contribution in [0.25, 0.3) is 0 Å². The molecule has 5 heteroatoms. The first-order chi connectivity index (χ1) is 7.29. The predicted molar refractivity (Wildman–Crippen MR) is 55.0 cm³/mol. The largest absolute Gasteiger partial charge is 0.357 e. The van der Waals surface area contributed by atoms with Crippen LogP contribution in [0.2, 0.25) is 0 Å². The summed E-state index contributed by atoms with van der Waals surface area (Å²) in [7, 11) is 1.64. The van der Waals surface area contributed by atoms with E-state index in [0.717, 1.165) is 19.4 Å². The van der Waals surface area contributed by atoms with Gasteiger partial charge in [-0.15, -0.1) is 0 Å². The molecule has 1 saturated heterocycles. The highest BCUT2D eigenvalue weighted by Crippen LogP contribution is 2.29. The summed E-state index contributed by atoms with van der Waals surface area (Å²) in [5.74, 6) is -0.0412. The van der Waals surface area contributed by atoms with Gasteiger partial charge < -0.3 is 5.32 Å². The van der Waals surface area contributed by atoms with Crippen molar-refractivity contribution < 1.29 is 4.79 Å². The van der Waals surface area contributed by atoms with E-state index in [1.807, 2.05) is 0 Å². The molecule has 0 bridgehead atoms. The van der Waals surface area contributed by atoms with Gasteiger partial charge in [0.15, 0.2) is 0 Å². The molecule has 15 heavy (non-hydrogen) atoms. The van der Waals surface area contributed by atoms with Gasteiger partial charge in [-0.3, -0.25) is 20.1 Å². The maximum absolute atomic E-state index is 11.9. The van der Waals surface area contributed by atoms with Gasteiger partial charge >= 0.3 is 0 Å². The zero-order valence-electron chi connectivity index (χ0n) is 8.66. The normalized spacial score (nSPS) is 25.1. The van der Waals surface area contributed by atoms with Crippen molar-refractivity contribution in [3.8, 4) is 0 Å². The molecule has 80 valence electrons. The molecule has 1 fully saturated rings. The van der Waals surface area contributed by atoms with Gasteiger partial charge in [-0.25, -0.2) is 0 Å². The second-order valence-electron chi connectivity index (χ2n) is 3.61. The van der Waals surface area contributed by atoms with Gasteiger partial charge in [-0.2, -0.15) is 0 Å². The molecule has 1 amide bonds. The van der Waals surface area contributed by atoms with Crippen molar-refractivity contribution in [1.82, 2.24) is 20.6 Å². The topological polar surface area (TPSA) is 66.9 Å². The number of aromatic nitrogens is 2. The smallest absolute Gasteiger partial charge is 0.246 e. The van der Waals surface area contributed by atoms with Crippen LogP contribution >= 0.6 is 0 Å². The van der Waals surface area contributed by atoms with Gasteiger partial charge in [0.1, 0.15) is 5.54 Å². The number of hydrogen-bond donors (Lipinski definition) is 2. The SMILES string of the molecule is CNC(=O)[C@@]1(c2cnccn2)CCCN1. The fourth-order valence-electron chi connectivity index (χ4n) is 2.01. The van der Waals surface area contributed by atoms with Crippen LogP contribution in [-0.4, -0.2) is 29.5 Å². The number of likely N-dealkylation sites (N-methyl/N-ethyl adjacent to an activating group) is 1. The Balaban J connectivity index is 2.39. The molecule has 5 nitrogen and oxygen atoms in total. The summed E-state index contributed by atoms with van der Waals surface area (Å²) in [6.07, 6.45) is 6.61. The Hall–Kier alpha value is -1.49. The zero-order chi connectivity index (χ0) is 10.7. The first-order valence-electron chi connectivity index (χ1n) is 5.03. The Bertz CT molecular complexity index is 346. The molecule has 0 aliphatic carbocycles. The van der Waals surface area contributed by atoms with Gasteiger partial charge in [-0.1, -0.05) is 0 Å². The number of carbonyl (C=O) groups excluding carboxylic acids is 1. The molecule has 0 unspecified atom stereocenters. The molecule has 1 aliphatic heterocycles. The maximum Gasteiger partial charge on any atom is 0.246 e. The Morgan fingerprint density at radius 1 is 1.60 bits per heavy atom. The molecule has 1 aromatic heterocycles. The van der Waals surface area contributed by atoms with E-state index in [0.29, 0.717) is 5.69 Å². The van der Waals surface area contributed by atoms with E-state index in [9.17, 15) is 4.79 Å². The number of nitrogens with one attached hydrogen (secondary N) is 2. The van der Waals surface area contributed by atoms with Crippen LogP contribution in [0.3, 0.4) is 0 Å². The van der Waals surface area contributed by atoms with E-state index in [1.165, 1.54) is 0 Å². The number of hydrogen-bond acceptors (Lipinski definition) is 4. The molecule has 2 rings (SSSR count). The molecule has 0 spiro atoms. The second kappa shape index (κ2) is 3.94. The van der Waals surface area contributed by atoms with Gasteiger partial charge in [0.2, 0.25) is 5.91 Å². The molecular formula is C10H14N4O. The fourth-order valence-corrected chi connectivity index (χ4v) is 2.01. The third-order valence-electron chi connectivity index (χ3n) is 2.77. The quantitative estimate of drug-likeness (QED) is 0.703. The summed E-state index contributed by atoms with van der Waals surface area (Å²) in [6.45, 7) is 0.837. The van der Waals surface area contributed by atoms with Crippen molar-refractivity contribution in [2.75, 3.05) is 13.6 Å². The van der Waals surface area contributed by atoms with Crippen LogP contribution in [0.4, 0.5) is 0 Å². The monoisotopic (exact) mass is 206 g/mol. The molecule has 0 aromatic carbocycles. The number of carbonyl (C=O) groups is 1. The Kier molecular flexibility index (Phi) is 2.64. The van der Waals surface area contributed by atoms with E-state index < -0.39 is 5.54 Å². The van der Waals surface area contributed by atoms with Gasteiger partial charge in [0, 0.05) is 19.4 Å². The highest BCUT2D eigenvalue weighted by molar-refractivity contribution is 5.87. The Labute approximate surface area is 88.3 Å². The summed E-state index contributed by atoms with van der Waals surface area (Å²) >= 11 is 0. The first kappa shape index (κ1) is 10.0. The van der Waals surface area contributed by atoms with Crippen LogP contribution in [-0.2, 0) is 10.3 Å². The van der Waals surface area contributed by atoms with E-state index in [1.54, 1.807) is 25.6 Å².